The zero-order chi connectivity index (χ0) is 14.7. The average molecular weight is 276 g/mol. The molecule has 3 aromatic rings. The van der Waals surface area contributed by atoms with Crippen molar-refractivity contribution in [2.45, 2.75) is 25.3 Å². The van der Waals surface area contributed by atoms with Crippen LogP contribution in [-0.4, -0.2) is 4.98 Å². The zero-order valence-electron chi connectivity index (χ0n) is 12.3. The summed E-state index contributed by atoms with van der Waals surface area (Å²) in [5.74, 6) is 0. The highest BCUT2D eigenvalue weighted by molar-refractivity contribution is 5.86. The Labute approximate surface area is 125 Å². The Balaban J connectivity index is 2.25. The van der Waals surface area contributed by atoms with E-state index in [0.29, 0.717) is 0 Å². The number of pyridine rings is 1. The lowest BCUT2D eigenvalue weighted by Gasteiger charge is -2.31. The minimum atomic E-state index is -0.474. The molecule has 2 N–H and O–H groups in total. The van der Waals surface area contributed by atoms with E-state index in [1.54, 1.807) is 0 Å². The molecule has 1 heterocycles. The highest BCUT2D eigenvalue weighted by Crippen LogP contribution is 2.35. The van der Waals surface area contributed by atoms with Gasteiger partial charge in [-0.15, -0.1) is 0 Å². The van der Waals surface area contributed by atoms with Crippen LogP contribution in [0.5, 0.6) is 0 Å². The van der Waals surface area contributed by atoms with E-state index in [1.165, 1.54) is 5.39 Å². The molecular weight excluding hydrogens is 256 g/mol. The van der Waals surface area contributed by atoms with Crippen LogP contribution in [0.4, 0.5) is 0 Å². The zero-order valence-corrected chi connectivity index (χ0v) is 12.3. The molecule has 1 aromatic heterocycles. The Morgan fingerprint density at radius 3 is 2.57 bits per heavy atom. The van der Waals surface area contributed by atoms with Crippen molar-refractivity contribution in [2.75, 3.05) is 0 Å². The van der Waals surface area contributed by atoms with Gasteiger partial charge in [0.1, 0.15) is 0 Å². The molecule has 2 aromatic carbocycles. The molecule has 1 unspecified atom stereocenters. The van der Waals surface area contributed by atoms with Crippen LogP contribution >= 0.6 is 0 Å². The maximum absolute atomic E-state index is 6.89. The van der Waals surface area contributed by atoms with Gasteiger partial charge in [-0.25, -0.2) is 0 Å². The number of fused-ring (bicyclic) bond motifs is 1. The van der Waals surface area contributed by atoms with Crippen LogP contribution in [0.2, 0.25) is 0 Å². The first kappa shape index (κ1) is 13.8. The summed E-state index contributed by atoms with van der Waals surface area (Å²) in [6.07, 6.45) is 5.69. The summed E-state index contributed by atoms with van der Waals surface area (Å²) in [5, 5.41) is 2.32. The van der Waals surface area contributed by atoms with Crippen LogP contribution in [0.1, 0.15) is 30.9 Å². The summed E-state index contributed by atoms with van der Waals surface area (Å²) >= 11 is 0. The second-order valence-corrected chi connectivity index (χ2v) is 5.49. The molecule has 0 fully saturated rings. The van der Waals surface area contributed by atoms with Crippen molar-refractivity contribution in [1.29, 1.82) is 0 Å². The van der Waals surface area contributed by atoms with Crippen LogP contribution in [0, 0.1) is 0 Å². The van der Waals surface area contributed by atoms with E-state index in [-0.39, 0.29) is 0 Å². The fourth-order valence-electron chi connectivity index (χ4n) is 3.07. The number of benzene rings is 2. The molecule has 2 nitrogen and oxygen atoms in total. The van der Waals surface area contributed by atoms with E-state index in [0.717, 1.165) is 29.4 Å². The Hall–Kier alpha value is -2.19. The maximum Gasteiger partial charge on any atom is 0.0672 e. The Bertz CT molecular complexity index is 731. The van der Waals surface area contributed by atoms with Gasteiger partial charge in [-0.2, -0.15) is 0 Å². The van der Waals surface area contributed by atoms with Gasteiger partial charge < -0.3 is 5.73 Å². The third-order valence-corrected chi connectivity index (χ3v) is 4.10. The molecule has 0 aliphatic rings. The Kier molecular flexibility index (Phi) is 3.72. The molecule has 2 heteroatoms. The average Bonchev–Trinajstić information content (AvgIpc) is 2.55. The molecule has 0 radical (unpaired) electrons. The van der Waals surface area contributed by atoms with Crippen molar-refractivity contribution in [1.82, 2.24) is 4.98 Å². The molecule has 0 saturated carbocycles. The minimum absolute atomic E-state index is 0.474. The summed E-state index contributed by atoms with van der Waals surface area (Å²) in [7, 11) is 0. The summed E-state index contributed by atoms with van der Waals surface area (Å²) in [6.45, 7) is 2.17. The van der Waals surface area contributed by atoms with Crippen LogP contribution in [0.15, 0.2) is 67.0 Å². The van der Waals surface area contributed by atoms with E-state index in [9.17, 15) is 0 Å². The molecule has 0 aliphatic heterocycles. The largest absolute Gasteiger partial charge is 0.318 e. The third kappa shape index (κ3) is 2.43. The van der Waals surface area contributed by atoms with Gasteiger partial charge in [0.05, 0.1) is 5.54 Å². The van der Waals surface area contributed by atoms with Gasteiger partial charge in [0.15, 0.2) is 0 Å². The van der Waals surface area contributed by atoms with Crippen molar-refractivity contribution >= 4 is 10.8 Å². The van der Waals surface area contributed by atoms with Gasteiger partial charge in [-0.1, -0.05) is 61.9 Å². The van der Waals surface area contributed by atoms with Crippen LogP contribution in [0.3, 0.4) is 0 Å². The second-order valence-electron chi connectivity index (χ2n) is 5.49. The molecule has 0 aliphatic carbocycles. The van der Waals surface area contributed by atoms with Crippen LogP contribution in [0.25, 0.3) is 10.8 Å². The summed E-state index contributed by atoms with van der Waals surface area (Å²) in [6, 6.07) is 18.7. The number of nitrogens with two attached hydrogens (primary N) is 1. The first-order chi connectivity index (χ1) is 10.3. The quantitative estimate of drug-likeness (QED) is 0.774. The predicted octanol–water partition coefficient (Wildman–Crippen LogP) is 4.24. The monoisotopic (exact) mass is 276 g/mol. The molecule has 0 amide bonds. The standard InChI is InChI=1S/C19H20N2/c1-2-12-19(20,16-8-4-3-5-9-16)18-10-6-7-15-11-13-21-14-17(15)18/h3-11,13-14H,2,12,20H2,1H3. The smallest absolute Gasteiger partial charge is 0.0672 e. The fraction of sp³-hybridized carbons (Fsp3) is 0.211. The van der Waals surface area contributed by atoms with Gasteiger partial charge in [-0.05, 0) is 29.0 Å². The van der Waals surface area contributed by atoms with Gasteiger partial charge in [0, 0.05) is 17.8 Å². The Morgan fingerprint density at radius 2 is 1.81 bits per heavy atom. The van der Waals surface area contributed by atoms with E-state index in [4.69, 9.17) is 5.73 Å². The van der Waals surface area contributed by atoms with Gasteiger partial charge in [-0.3, -0.25) is 4.98 Å². The van der Waals surface area contributed by atoms with Crippen molar-refractivity contribution in [3.05, 3.63) is 78.1 Å². The van der Waals surface area contributed by atoms with E-state index < -0.39 is 5.54 Å². The van der Waals surface area contributed by atoms with Gasteiger partial charge >= 0.3 is 0 Å². The number of nitrogens with zero attached hydrogens (tertiary/aromatic N) is 1. The van der Waals surface area contributed by atoms with E-state index >= 15 is 0 Å². The molecule has 106 valence electrons. The highest BCUT2D eigenvalue weighted by Gasteiger charge is 2.30. The lowest BCUT2D eigenvalue weighted by atomic mass is 9.78. The number of rotatable bonds is 4. The summed E-state index contributed by atoms with van der Waals surface area (Å²) < 4.78 is 0. The summed E-state index contributed by atoms with van der Waals surface area (Å²) in [4.78, 5) is 4.29. The van der Waals surface area contributed by atoms with E-state index in [2.05, 4.69) is 54.4 Å². The molecule has 0 saturated heterocycles. The molecule has 0 spiro atoms. The van der Waals surface area contributed by atoms with Crippen molar-refractivity contribution < 1.29 is 0 Å². The fourth-order valence-corrected chi connectivity index (χ4v) is 3.07. The van der Waals surface area contributed by atoms with Crippen molar-refractivity contribution in [2.24, 2.45) is 5.73 Å². The molecule has 21 heavy (non-hydrogen) atoms. The normalized spacial score (nSPS) is 14.0. The number of aromatic nitrogens is 1. The highest BCUT2D eigenvalue weighted by atomic mass is 14.7. The lowest BCUT2D eigenvalue weighted by molar-refractivity contribution is 0.489. The second kappa shape index (κ2) is 5.66. The van der Waals surface area contributed by atoms with E-state index in [1.807, 2.05) is 24.5 Å². The van der Waals surface area contributed by atoms with Crippen molar-refractivity contribution in [3.8, 4) is 0 Å². The van der Waals surface area contributed by atoms with Gasteiger partial charge in [0.2, 0.25) is 0 Å². The molecular formula is C19H20N2. The van der Waals surface area contributed by atoms with Crippen molar-refractivity contribution in [3.63, 3.8) is 0 Å². The minimum Gasteiger partial charge on any atom is -0.318 e. The molecule has 0 bridgehead atoms. The first-order valence-electron chi connectivity index (χ1n) is 7.43. The predicted molar refractivity (Wildman–Crippen MR) is 88.1 cm³/mol. The van der Waals surface area contributed by atoms with Crippen LogP contribution < -0.4 is 5.73 Å². The topological polar surface area (TPSA) is 38.9 Å². The first-order valence-corrected chi connectivity index (χ1v) is 7.43. The van der Waals surface area contributed by atoms with Gasteiger partial charge in [0.25, 0.3) is 0 Å². The van der Waals surface area contributed by atoms with Crippen LogP contribution in [-0.2, 0) is 5.54 Å². The lowest BCUT2D eigenvalue weighted by Crippen LogP contribution is -2.38. The Morgan fingerprint density at radius 1 is 1.00 bits per heavy atom. The number of hydrogen-bond donors (Lipinski definition) is 1. The SMILES string of the molecule is CCCC(N)(c1ccccc1)c1cccc2ccncc12. The number of hydrogen-bond acceptors (Lipinski definition) is 2. The third-order valence-electron chi connectivity index (χ3n) is 4.10. The summed E-state index contributed by atoms with van der Waals surface area (Å²) in [5.41, 5.74) is 8.73. The maximum atomic E-state index is 6.89. The molecule has 3 rings (SSSR count). The molecule has 1 atom stereocenters.